The Morgan fingerprint density at radius 3 is 2.50 bits per heavy atom. The predicted molar refractivity (Wildman–Crippen MR) is 104 cm³/mol. The molecule has 0 spiro atoms. The van der Waals surface area contributed by atoms with Crippen LogP contribution in [0.5, 0.6) is 11.5 Å². The predicted octanol–water partition coefficient (Wildman–Crippen LogP) is 5.54. The van der Waals surface area contributed by atoms with Crippen molar-refractivity contribution in [1.29, 1.82) is 0 Å². The maximum Gasteiger partial charge on any atom is 0.180 e. The largest absolute Gasteiger partial charge is 0.493 e. The van der Waals surface area contributed by atoms with E-state index in [4.69, 9.17) is 21.1 Å². The average Bonchev–Trinajstić information content (AvgIpc) is 2.52. The Morgan fingerprint density at radius 2 is 1.88 bits per heavy atom. The first-order chi connectivity index (χ1) is 11.2. The molecule has 1 N–H and O–H groups in total. The van der Waals surface area contributed by atoms with Crippen LogP contribution < -0.4 is 14.8 Å². The fraction of sp³-hybridized carbons (Fsp3) is 0.579. The maximum atomic E-state index is 6.35. The third-order valence-corrected chi connectivity index (χ3v) is 4.62. The standard InChI is InChI=1S/C19H28ClNO2.ClH/c1-3-11-23-19-17(20)12-15(13-18(19)22-2)14-21-16-9-7-5-4-6-8-10-16;/h3,12-13,16,21H,1,4-11,14H2,2H3;1H. The Bertz CT molecular complexity index is 500. The number of ether oxygens (including phenoxy) is 2. The summed E-state index contributed by atoms with van der Waals surface area (Å²) < 4.78 is 11.0. The first-order valence-corrected chi connectivity index (χ1v) is 8.96. The summed E-state index contributed by atoms with van der Waals surface area (Å²) in [6.45, 7) is 4.88. The van der Waals surface area contributed by atoms with Crippen LogP contribution in [0.3, 0.4) is 0 Å². The molecule has 0 aliphatic heterocycles. The van der Waals surface area contributed by atoms with Crippen molar-refractivity contribution in [3.05, 3.63) is 35.4 Å². The van der Waals surface area contributed by atoms with Gasteiger partial charge in [-0.05, 0) is 30.5 Å². The molecule has 136 valence electrons. The minimum atomic E-state index is 0. The lowest BCUT2D eigenvalue weighted by Gasteiger charge is -2.21. The van der Waals surface area contributed by atoms with Crippen LogP contribution in [-0.4, -0.2) is 19.8 Å². The van der Waals surface area contributed by atoms with Crippen molar-refractivity contribution >= 4 is 24.0 Å². The highest BCUT2D eigenvalue weighted by atomic mass is 35.5. The molecular weight excluding hydrogens is 345 g/mol. The van der Waals surface area contributed by atoms with Gasteiger partial charge in [0, 0.05) is 12.6 Å². The minimum absolute atomic E-state index is 0. The summed E-state index contributed by atoms with van der Waals surface area (Å²) in [6, 6.07) is 4.57. The van der Waals surface area contributed by atoms with Crippen molar-refractivity contribution in [3.8, 4) is 11.5 Å². The van der Waals surface area contributed by atoms with Gasteiger partial charge in [-0.2, -0.15) is 0 Å². The van der Waals surface area contributed by atoms with Gasteiger partial charge in [0.2, 0.25) is 0 Å². The van der Waals surface area contributed by atoms with Crippen LogP contribution >= 0.6 is 24.0 Å². The normalized spacial score (nSPS) is 15.8. The van der Waals surface area contributed by atoms with Crippen LogP contribution in [0.25, 0.3) is 0 Å². The Morgan fingerprint density at radius 1 is 1.21 bits per heavy atom. The van der Waals surface area contributed by atoms with Crippen molar-refractivity contribution in [3.63, 3.8) is 0 Å². The van der Waals surface area contributed by atoms with E-state index in [1.165, 1.54) is 44.9 Å². The molecule has 0 atom stereocenters. The lowest BCUT2D eigenvalue weighted by molar-refractivity contribution is 0.326. The van der Waals surface area contributed by atoms with E-state index in [0.717, 1.165) is 12.1 Å². The first kappa shape index (κ1) is 21.1. The molecule has 1 aliphatic carbocycles. The third kappa shape index (κ3) is 6.54. The monoisotopic (exact) mass is 373 g/mol. The maximum absolute atomic E-state index is 6.35. The summed E-state index contributed by atoms with van der Waals surface area (Å²) in [5.41, 5.74) is 1.12. The molecule has 1 aliphatic rings. The van der Waals surface area contributed by atoms with Crippen LogP contribution in [-0.2, 0) is 6.54 Å². The number of hydrogen-bond donors (Lipinski definition) is 1. The number of rotatable bonds is 7. The second kappa shape index (κ2) is 11.6. The van der Waals surface area contributed by atoms with Gasteiger partial charge in [-0.15, -0.1) is 12.4 Å². The highest BCUT2D eigenvalue weighted by molar-refractivity contribution is 6.32. The van der Waals surface area contributed by atoms with Gasteiger partial charge in [0.1, 0.15) is 6.61 Å². The molecule has 24 heavy (non-hydrogen) atoms. The topological polar surface area (TPSA) is 30.5 Å². The summed E-state index contributed by atoms with van der Waals surface area (Å²) in [4.78, 5) is 0. The van der Waals surface area contributed by atoms with Crippen LogP contribution in [0.4, 0.5) is 0 Å². The zero-order valence-electron chi connectivity index (χ0n) is 14.5. The molecule has 0 radical (unpaired) electrons. The summed E-state index contributed by atoms with van der Waals surface area (Å²) in [7, 11) is 1.64. The molecule has 1 fully saturated rings. The summed E-state index contributed by atoms with van der Waals surface area (Å²) in [5, 5.41) is 4.26. The number of hydrogen-bond acceptors (Lipinski definition) is 3. The van der Waals surface area contributed by atoms with Gasteiger partial charge in [0.25, 0.3) is 0 Å². The third-order valence-electron chi connectivity index (χ3n) is 4.33. The summed E-state index contributed by atoms with van der Waals surface area (Å²) in [5.74, 6) is 1.26. The Hall–Kier alpha value is -0.900. The lowest BCUT2D eigenvalue weighted by Crippen LogP contribution is -2.29. The molecule has 1 aromatic carbocycles. The van der Waals surface area contributed by atoms with E-state index in [2.05, 4.69) is 11.9 Å². The molecule has 2 rings (SSSR count). The van der Waals surface area contributed by atoms with E-state index < -0.39 is 0 Å². The van der Waals surface area contributed by atoms with Gasteiger partial charge < -0.3 is 14.8 Å². The zero-order chi connectivity index (χ0) is 16.5. The molecule has 0 heterocycles. The highest BCUT2D eigenvalue weighted by Crippen LogP contribution is 2.36. The molecule has 5 heteroatoms. The van der Waals surface area contributed by atoms with Gasteiger partial charge >= 0.3 is 0 Å². The molecule has 0 aromatic heterocycles. The second-order valence-electron chi connectivity index (χ2n) is 6.13. The van der Waals surface area contributed by atoms with Crippen LogP contribution in [0.2, 0.25) is 5.02 Å². The Kier molecular flexibility index (Phi) is 10.2. The molecule has 1 saturated carbocycles. The zero-order valence-corrected chi connectivity index (χ0v) is 16.1. The lowest BCUT2D eigenvalue weighted by atomic mass is 9.96. The Balaban J connectivity index is 0.00000288. The molecule has 0 saturated heterocycles. The summed E-state index contributed by atoms with van der Waals surface area (Å²) in [6.07, 6.45) is 11.0. The minimum Gasteiger partial charge on any atom is -0.493 e. The number of halogens is 2. The van der Waals surface area contributed by atoms with Crippen molar-refractivity contribution in [1.82, 2.24) is 5.32 Å². The van der Waals surface area contributed by atoms with E-state index in [0.29, 0.717) is 29.2 Å². The van der Waals surface area contributed by atoms with Gasteiger partial charge in [-0.1, -0.05) is 56.4 Å². The molecule has 0 amide bonds. The molecule has 1 aromatic rings. The Labute approximate surface area is 157 Å². The van der Waals surface area contributed by atoms with Crippen molar-refractivity contribution in [2.24, 2.45) is 0 Å². The molecular formula is C19H29Cl2NO2. The average molecular weight is 374 g/mol. The van der Waals surface area contributed by atoms with Crippen molar-refractivity contribution in [2.45, 2.75) is 57.5 Å². The SMILES string of the molecule is C=CCOc1c(Cl)cc(CNC2CCCCCCC2)cc1OC.Cl. The van der Waals surface area contributed by atoms with Crippen LogP contribution in [0.15, 0.2) is 24.8 Å². The quantitative estimate of drug-likeness (QED) is 0.636. The van der Waals surface area contributed by atoms with E-state index in [-0.39, 0.29) is 12.4 Å². The van der Waals surface area contributed by atoms with Crippen LogP contribution in [0.1, 0.15) is 50.5 Å². The van der Waals surface area contributed by atoms with E-state index in [1.807, 2.05) is 12.1 Å². The van der Waals surface area contributed by atoms with E-state index in [9.17, 15) is 0 Å². The van der Waals surface area contributed by atoms with Crippen molar-refractivity contribution < 1.29 is 9.47 Å². The fourth-order valence-corrected chi connectivity index (χ4v) is 3.37. The molecule has 3 nitrogen and oxygen atoms in total. The van der Waals surface area contributed by atoms with Crippen molar-refractivity contribution in [2.75, 3.05) is 13.7 Å². The van der Waals surface area contributed by atoms with Gasteiger partial charge in [0.05, 0.1) is 12.1 Å². The number of benzene rings is 1. The second-order valence-corrected chi connectivity index (χ2v) is 6.54. The molecule has 0 bridgehead atoms. The summed E-state index contributed by atoms with van der Waals surface area (Å²) >= 11 is 6.35. The van der Waals surface area contributed by atoms with Gasteiger partial charge in [0.15, 0.2) is 11.5 Å². The smallest absolute Gasteiger partial charge is 0.180 e. The van der Waals surface area contributed by atoms with Crippen LogP contribution in [0, 0.1) is 0 Å². The fourth-order valence-electron chi connectivity index (χ4n) is 3.08. The highest BCUT2D eigenvalue weighted by Gasteiger charge is 2.14. The first-order valence-electron chi connectivity index (χ1n) is 8.58. The molecule has 0 unspecified atom stereocenters. The van der Waals surface area contributed by atoms with Gasteiger partial charge in [-0.3, -0.25) is 0 Å². The number of nitrogens with one attached hydrogen (secondary N) is 1. The van der Waals surface area contributed by atoms with E-state index >= 15 is 0 Å². The number of methoxy groups -OCH3 is 1. The van der Waals surface area contributed by atoms with Gasteiger partial charge in [-0.25, -0.2) is 0 Å². The van der Waals surface area contributed by atoms with E-state index in [1.54, 1.807) is 13.2 Å².